The van der Waals surface area contributed by atoms with E-state index in [2.05, 4.69) is 33.3 Å². The molecule has 0 aromatic carbocycles. The van der Waals surface area contributed by atoms with Gasteiger partial charge in [0.2, 0.25) is 0 Å². The van der Waals surface area contributed by atoms with Crippen molar-refractivity contribution in [2.45, 2.75) is 45.7 Å². The van der Waals surface area contributed by atoms with Gasteiger partial charge in [-0.25, -0.2) is 14.8 Å². The second-order valence-electron chi connectivity index (χ2n) is 6.72. The second-order valence-corrected chi connectivity index (χ2v) is 7.67. The number of piperidine rings is 1. The number of carboxylic acids is 1. The van der Waals surface area contributed by atoms with E-state index < -0.39 is 5.97 Å². The minimum Gasteiger partial charge on any atom is -0.476 e. The van der Waals surface area contributed by atoms with E-state index in [1.165, 1.54) is 24.2 Å². The summed E-state index contributed by atoms with van der Waals surface area (Å²) in [6, 6.07) is 0.424. The average Bonchev–Trinajstić information content (AvgIpc) is 3.17. The van der Waals surface area contributed by atoms with Crippen LogP contribution in [0.25, 0.3) is 0 Å². The highest BCUT2D eigenvalue weighted by atomic mass is 32.1. The summed E-state index contributed by atoms with van der Waals surface area (Å²) in [5, 5.41) is 11.6. The van der Waals surface area contributed by atoms with E-state index in [-0.39, 0.29) is 5.69 Å². The van der Waals surface area contributed by atoms with Gasteiger partial charge in [0, 0.05) is 36.8 Å². The van der Waals surface area contributed by atoms with Gasteiger partial charge in [-0.15, -0.1) is 11.3 Å². The van der Waals surface area contributed by atoms with Gasteiger partial charge < -0.3 is 9.67 Å². The highest BCUT2D eigenvalue weighted by Crippen LogP contribution is 2.24. The lowest BCUT2D eigenvalue weighted by Crippen LogP contribution is -2.36. The molecular weight excluding hydrogens is 324 g/mol. The van der Waals surface area contributed by atoms with Crippen molar-refractivity contribution in [3.8, 4) is 0 Å². The van der Waals surface area contributed by atoms with Crippen LogP contribution >= 0.6 is 11.3 Å². The molecule has 1 aliphatic heterocycles. The number of thiazole rings is 1. The van der Waals surface area contributed by atoms with Crippen molar-refractivity contribution < 1.29 is 9.90 Å². The van der Waals surface area contributed by atoms with Gasteiger partial charge in [0.25, 0.3) is 0 Å². The number of aromatic nitrogens is 3. The lowest BCUT2D eigenvalue weighted by molar-refractivity contribution is 0.0691. The molecule has 1 aliphatic rings. The molecule has 0 saturated carbocycles. The van der Waals surface area contributed by atoms with Gasteiger partial charge >= 0.3 is 5.97 Å². The molecule has 3 rings (SSSR count). The SMILES string of the molecule is CC(C)n1ccnc1CN1CCCC(Cc2nc(C(=O)O)cs2)C1. The van der Waals surface area contributed by atoms with Crippen LogP contribution in [0.2, 0.25) is 0 Å². The first-order valence-electron chi connectivity index (χ1n) is 8.44. The van der Waals surface area contributed by atoms with Gasteiger partial charge in [-0.05, 0) is 39.2 Å². The highest BCUT2D eigenvalue weighted by Gasteiger charge is 2.23. The summed E-state index contributed by atoms with van der Waals surface area (Å²) in [4.78, 5) is 22.1. The van der Waals surface area contributed by atoms with Gasteiger partial charge in [0.1, 0.15) is 5.82 Å². The number of hydrogen-bond acceptors (Lipinski definition) is 5. The molecule has 24 heavy (non-hydrogen) atoms. The van der Waals surface area contributed by atoms with Crippen molar-refractivity contribution in [3.05, 3.63) is 34.3 Å². The first kappa shape index (κ1) is 17.1. The molecular formula is C17H24N4O2S. The van der Waals surface area contributed by atoms with Crippen LogP contribution in [0, 0.1) is 5.92 Å². The third-order valence-corrected chi connectivity index (χ3v) is 5.38. The maximum atomic E-state index is 10.9. The molecule has 2 aromatic heterocycles. The molecule has 6 nitrogen and oxygen atoms in total. The normalized spacial score (nSPS) is 19.0. The Hall–Kier alpha value is -1.73. The van der Waals surface area contributed by atoms with Crippen molar-refractivity contribution in [2.75, 3.05) is 13.1 Å². The number of hydrogen-bond donors (Lipinski definition) is 1. The Morgan fingerprint density at radius 2 is 2.33 bits per heavy atom. The molecule has 0 amide bonds. The molecule has 7 heteroatoms. The first-order chi connectivity index (χ1) is 11.5. The second kappa shape index (κ2) is 7.44. The molecule has 1 atom stereocenters. The Morgan fingerprint density at radius 3 is 3.04 bits per heavy atom. The predicted molar refractivity (Wildman–Crippen MR) is 93.4 cm³/mol. The van der Waals surface area contributed by atoms with Crippen LogP contribution in [-0.2, 0) is 13.0 Å². The number of aromatic carboxylic acids is 1. The Kier molecular flexibility index (Phi) is 5.30. The number of carboxylic acid groups (broad SMARTS) is 1. The highest BCUT2D eigenvalue weighted by molar-refractivity contribution is 7.09. The Labute approximate surface area is 146 Å². The predicted octanol–water partition coefficient (Wildman–Crippen LogP) is 3.07. The van der Waals surface area contributed by atoms with Gasteiger partial charge in [0.05, 0.1) is 11.6 Å². The molecule has 0 aliphatic carbocycles. The summed E-state index contributed by atoms with van der Waals surface area (Å²) < 4.78 is 2.23. The van der Waals surface area contributed by atoms with Crippen molar-refractivity contribution in [3.63, 3.8) is 0 Å². The lowest BCUT2D eigenvalue weighted by atomic mass is 9.95. The summed E-state index contributed by atoms with van der Waals surface area (Å²) >= 11 is 1.46. The molecule has 2 aromatic rings. The maximum Gasteiger partial charge on any atom is 0.355 e. The molecule has 1 fully saturated rings. The van der Waals surface area contributed by atoms with Crippen molar-refractivity contribution in [2.24, 2.45) is 5.92 Å². The minimum absolute atomic E-state index is 0.168. The van der Waals surface area contributed by atoms with E-state index in [0.29, 0.717) is 12.0 Å². The Morgan fingerprint density at radius 1 is 1.50 bits per heavy atom. The fourth-order valence-corrected chi connectivity index (χ4v) is 4.23. The molecule has 0 bridgehead atoms. The van der Waals surface area contributed by atoms with Crippen LogP contribution in [0.15, 0.2) is 17.8 Å². The fraction of sp³-hybridized carbons (Fsp3) is 0.588. The molecule has 130 valence electrons. The van der Waals surface area contributed by atoms with Gasteiger partial charge in [-0.1, -0.05) is 0 Å². The minimum atomic E-state index is -0.941. The molecule has 1 N–H and O–H groups in total. The molecule has 1 saturated heterocycles. The largest absolute Gasteiger partial charge is 0.476 e. The van der Waals surface area contributed by atoms with E-state index in [0.717, 1.165) is 36.9 Å². The maximum absolute atomic E-state index is 10.9. The topological polar surface area (TPSA) is 71.2 Å². The van der Waals surface area contributed by atoms with Crippen molar-refractivity contribution >= 4 is 17.3 Å². The summed E-state index contributed by atoms with van der Waals surface area (Å²) in [7, 11) is 0. The van der Waals surface area contributed by atoms with Crippen LogP contribution in [0.5, 0.6) is 0 Å². The Balaban J connectivity index is 1.59. The van der Waals surface area contributed by atoms with Gasteiger partial charge in [0.15, 0.2) is 5.69 Å². The van der Waals surface area contributed by atoms with E-state index in [9.17, 15) is 4.79 Å². The summed E-state index contributed by atoms with van der Waals surface area (Å²) in [6.07, 6.45) is 7.14. The quantitative estimate of drug-likeness (QED) is 0.869. The molecule has 1 unspecified atom stereocenters. The average molecular weight is 348 g/mol. The van der Waals surface area contributed by atoms with Crippen molar-refractivity contribution in [1.29, 1.82) is 0 Å². The fourth-order valence-electron chi connectivity index (χ4n) is 3.35. The van der Waals surface area contributed by atoms with E-state index in [1.54, 1.807) is 5.38 Å². The molecule has 3 heterocycles. The number of likely N-dealkylation sites (tertiary alicyclic amines) is 1. The zero-order valence-electron chi connectivity index (χ0n) is 14.2. The standard InChI is InChI=1S/C17H24N4O2S/c1-12(2)21-7-5-18-15(21)10-20-6-3-4-13(9-20)8-16-19-14(11-24-16)17(22)23/h5,7,11-13H,3-4,6,8-10H2,1-2H3,(H,22,23). The number of nitrogens with zero attached hydrogens (tertiary/aromatic N) is 4. The van der Waals surface area contributed by atoms with Crippen LogP contribution in [0.1, 0.15) is 54.1 Å². The van der Waals surface area contributed by atoms with Crippen molar-refractivity contribution in [1.82, 2.24) is 19.4 Å². The van der Waals surface area contributed by atoms with E-state index in [1.807, 2.05) is 12.4 Å². The van der Waals surface area contributed by atoms with Crippen LogP contribution in [0.3, 0.4) is 0 Å². The van der Waals surface area contributed by atoms with Crippen LogP contribution < -0.4 is 0 Å². The number of rotatable bonds is 6. The third-order valence-electron chi connectivity index (χ3n) is 4.51. The number of carbonyl (C=O) groups is 1. The van der Waals surface area contributed by atoms with Gasteiger partial charge in [-0.2, -0.15) is 0 Å². The van der Waals surface area contributed by atoms with E-state index in [4.69, 9.17) is 5.11 Å². The zero-order valence-corrected chi connectivity index (χ0v) is 15.0. The third kappa shape index (κ3) is 4.02. The summed E-state index contributed by atoms with van der Waals surface area (Å²) in [5.41, 5.74) is 0.168. The molecule has 0 spiro atoms. The smallest absolute Gasteiger partial charge is 0.355 e. The van der Waals surface area contributed by atoms with Gasteiger partial charge in [-0.3, -0.25) is 4.90 Å². The Bertz CT molecular complexity index is 694. The first-order valence-corrected chi connectivity index (χ1v) is 9.32. The zero-order chi connectivity index (χ0) is 17.1. The lowest BCUT2D eigenvalue weighted by Gasteiger charge is -2.32. The molecule has 0 radical (unpaired) electrons. The summed E-state index contributed by atoms with van der Waals surface area (Å²) in [5.74, 6) is 0.713. The van der Waals surface area contributed by atoms with E-state index >= 15 is 0 Å². The van der Waals surface area contributed by atoms with Crippen LogP contribution in [-0.4, -0.2) is 43.6 Å². The number of imidazole rings is 1. The monoisotopic (exact) mass is 348 g/mol. The van der Waals surface area contributed by atoms with Crippen LogP contribution in [0.4, 0.5) is 0 Å². The summed E-state index contributed by atoms with van der Waals surface area (Å²) in [6.45, 7) is 7.34.